The summed E-state index contributed by atoms with van der Waals surface area (Å²) in [6.07, 6.45) is 8.95. The predicted octanol–water partition coefficient (Wildman–Crippen LogP) is 4.69. The topological polar surface area (TPSA) is 96.9 Å². The van der Waals surface area contributed by atoms with Gasteiger partial charge in [-0.25, -0.2) is 16.8 Å². The third kappa shape index (κ3) is 5.61. The quantitative estimate of drug-likeness (QED) is 0.426. The van der Waals surface area contributed by atoms with Crippen LogP contribution in [0.25, 0.3) is 0 Å². The molecule has 0 radical (unpaired) electrons. The second kappa shape index (κ2) is 11.0. The van der Waals surface area contributed by atoms with Crippen molar-refractivity contribution in [1.29, 1.82) is 0 Å². The third-order valence-corrected chi connectivity index (χ3v) is 12.7. The maximum Gasteiger partial charge on any atom is 0.243 e. The number of ether oxygens (including phenoxy) is 1. The average molecular weight is 582 g/mol. The molecule has 11 heteroatoms. The van der Waals surface area contributed by atoms with E-state index < -0.39 is 20.0 Å². The molecule has 3 aliphatic heterocycles. The van der Waals surface area contributed by atoms with Crippen molar-refractivity contribution in [3.05, 3.63) is 52.8 Å². The Hall–Kier alpha value is -1.72. The Balaban J connectivity index is 1.20. The summed E-state index contributed by atoms with van der Waals surface area (Å²) in [5.74, 6) is 0.806. The van der Waals surface area contributed by atoms with Crippen molar-refractivity contribution in [3.8, 4) is 5.75 Å². The summed E-state index contributed by atoms with van der Waals surface area (Å²) < 4.78 is 63.4. The maximum absolute atomic E-state index is 13.5. The van der Waals surface area contributed by atoms with Gasteiger partial charge in [0.05, 0.1) is 10.6 Å². The van der Waals surface area contributed by atoms with Gasteiger partial charge in [-0.3, -0.25) is 4.98 Å². The van der Waals surface area contributed by atoms with E-state index in [-0.39, 0.29) is 34.9 Å². The van der Waals surface area contributed by atoms with Crippen molar-refractivity contribution >= 4 is 31.6 Å². The predicted molar refractivity (Wildman–Crippen MR) is 147 cm³/mol. The smallest absolute Gasteiger partial charge is 0.243 e. The molecular weight excluding hydrogens is 546 g/mol. The van der Waals surface area contributed by atoms with Crippen LogP contribution >= 0.6 is 11.6 Å². The number of aromatic nitrogens is 1. The van der Waals surface area contributed by atoms with Gasteiger partial charge in [0.25, 0.3) is 0 Å². The van der Waals surface area contributed by atoms with Crippen LogP contribution in [0.5, 0.6) is 5.75 Å². The molecule has 3 fully saturated rings. The fraction of sp³-hybridized carbons (Fsp3) is 0.593. The molecule has 38 heavy (non-hydrogen) atoms. The molecule has 0 unspecified atom stereocenters. The van der Waals surface area contributed by atoms with Gasteiger partial charge >= 0.3 is 0 Å². The van der Waals surface area contributed by atoms with Gasteiger partial charge in [0, 0.05) is 54.9 Å². The molecule has 1 aromatic heterocycles. The second-order valence-electron chi connectivity index (χ2n) is 10.8. The summed E-state index contributed by atoms with van der Waals surface area (Å²) in [5, 5.41) is 0.548. The van der Waals surface area contributed by atoms with Gasteiger partial charge in [0.2, 0.25) is 20.0 Å². The van der Waals surface area contributed by atoms with E-state index >= 15 is 0 Å². The molecule has 8 nitrogen and oxygen atoms in total. The first kappa shape index (κ1) is 27.8. The molecular formula is C27H36ClN3O5S2. The highest BCUT2D eigenvalue weighted by atomic mass is 35.5. The number of benzene rings is 1. The molecule has 0 amide bonds. The summed E-state index contributed by atoms with van der Waals surface area (Å²) in [4.78, 5) is 4.30. The monoisotopic (exact) mass is 581 g/mol. The summed E-state index contributed by atoms with van der Waals surface area (Å²) >= 11 is 6.19. The molecule has 0 saturated carbocycles. The minimum absolute atomic E-state index is 0.00133. The molecule has 2 aromatic rings. The summed E-state index contributed by atoms with van der Waals surface area (Å²) in [5.41, 5.74) is 1.35. The lowest BCUT2D eigenvalue weighted by Crippen LogP contribution is -2.50. The number of piperidine rings is 1. The fourth-order valence-electron chi connectivity index (χ4n) is 6.42. The molecule has 5 rings (SSSR count). The number of hydrogen-bond donors (Lipinski definition) is 0. The minimum atomic E-state index is -3.69. The molecule has 4 heterocycles. The highest BCUT2D eigenvalue weighted by molar-refractivity contribution is 7.89. The fourth-order valence-corrected chi connectivity index (χ4v) is 10.7. The highest BCUT2D eigenvalue weighted by Crippen LogP contribution is 2.40. The Morgan fingerprint density at radius 2 is 1.68 bits per heavy atom. The van der Waals surface area contributed by atoms with E-state index in [0.717, 1.165) is 37.0 Å². The van der Waals surface area contributed by atoms with E-state index in [0.29, 0.717) is 42.8 Å². The van der Waals surface area contributed by atoms with Gasteiger partial charge in [-0.05, 0) is 87.8 Å². The Labute approximate surface area is 231 Å². The molecule has 208 valence electrons. The number of pyridine rings is 1. The Morgan fingerprint density at radius 1 is 1.00 bits per heavy atom. The third-order valence-electron chi connectivity index (χ3n) is 8.20. The molecule has 3 aliphatic rings. The van der Waals surface area contributed by atoms with E-state index in [1.165, 1.54) is 0 Å². The Kier molecular flexibility index (Phi) is 8.09. The van der Waals surface area contributed by atoms with E-state index in [9.17, 15) is 16.8 Å². The van der Waals surface area contributed by atoms with Crippen LogP contribution in [0.3, 0.4) is 0 Å². The number of nitrogens with zero attached hydrogens (tertiary/aromatic N) is 3. The van der Waals surface area contributed by atoms with Crippen LogP contribution in [0, 0.1) is 13.8 Å². The average Bonchev–Trinajstić information content (AvgIpc) is 3.45. The lowest BCUT2D eigenvalue weighted by molar-refractivity contribution is 0.0956. The van der Waals surface area contributed by atoms with Crippen molar-refractivity contribution in [2.24, 2.45) is 0 Å². The zero-order valence-electron chi connectivity index (χ0n) is 21.9. The van der Waals surface area contributed by atoms with Crippen LogP contribution < -0.4 is 4.74 Å². The number of fused-ring (bicyclic) bond motifs is 2. The normalized spacial score (nSPS) is 26.6. The van der Waals surface area contributed by atoms with Crippen molar-refractivity contribution in [2.75, 3.05) is 12.3 Å². The first-order valence-corrected chi connectivity index (χ1v) is 16.9. The zero-order chi connectivity index (χ0) is 27.1. The lowest BCUT2D eigenvalue weighted by Gasteiger charge is -2.38. The SMILES string of the molecule is Cc1cc(S(=O)(=O)N2CCC[C@H]2CCCS(=O)(=O)N2[C@@H]3CC[C@H]2C[C@@H](Oc2ccncc2)C3)c(C)cc1Cl. The van der Waals surface area contributed by atoms with Gasteiger partial charge < -0.3 is 4.74 Å². The lowest BCUT2D eigenvalue weighted by atomic mass is 10.0. The molecule has 3 saturated heterocycles. The summed E-state index contributed by atoms with van der Waals surface area (Å²) in [7, 11) is -7.13. The summed E-state index contributed by atoms with van der Waals surface area (Å²) in [6.45, 7) is 4.01. The van der Waals surface area contributed by atoms with Gasteiger partial charge in [-0.2, -0.15) is 8.61 Å². The Morgan fingerprint density at radius 3 is 2.37 bits per heavy atom. The number of halogens is 1. The van der Waals surface area contributed by atoms with Crippen LogP contribution in [0.15, 0.2) is 41.6 Å². The largest absolute Gasteiger partial charge is 0.490 e. The number of rotatable bonds is 9. The standard InChI is InChI=1S/C27H36ClN3O5S2/c1-19-16-27(20(2)15-26(19)28)38(34,35)30-13-3-5-21(30)6-4-14-37(32,33)31-22-7-8-23(31)18-25(17-22)36-24-9-11-29-12-10-24/h9-12,15-16,21-23,25H,3-8,13-14,17-18H2,1-2H3/t21-,22-,23+,25+/m0/s1. The Bertz CT molecular complexity index is 1360. The molecule has 0 N–H and O–H groups in total. The van der Waals surface area contributed by atoms with Gasteiger partial charge in [0.1, 0.15) is 11.9 Å². The van der Waals surface area contributed by atoms with E-state index in [2.05, 4.69) is 4.98 Å². The van der Waals surface area contributed by atoms with Crippen molar-refractivity contribution in [3.63, 3.8) is 0 Å². The zero-order valence-corrected chi connectivity index (χ0v) is 24.3. The molecule has 0 spiro atoms. The van der Waals surface area contributed by atoms with Crippen LogP contribution in [-0.2, 0) is 20.0 Å². The number of aryl methyl sites for hydroxylation is 2. The van der Waals surface area contributed by atoms with Crippen molar-refractivity contribution in [2.45, 2.75) is 94.3 Å². The molecule has 1 aromatic carbocycles. The van der Waals surface area contributed by atoms with E-state index in [1.807, 2.05) is 12.1 Å². The van der Waals surface area contributed by atoms with E-state index in [4.69, 9.17) is 16.3 Å². The van der Waals surface area contributed by atoms with Crippen LogP contribution in [-0.4, -0.2) is 67.0 Å². The first-order valence-electron chi connectivity index (χ1n) is 13.4. The number of hydrogen-bond acceptors (Lipinski definition) is 6. The second-order valence-corrected chi connectivity index (χ2v) is 15.1. The van der Waals surface area contributed by atoms with Gasteiger partial charge in [-0.15, -0.1) is 0 Å². The van der Waals surface area contributed by atoms with Crippen LogP contribution in [0.4, 0.5) is 0 Å². The van der Waals surface area contributed by atoms with Crippen LogP contribution in [0.2, 0.25) is 5.02 Å². The number of sulfonamides is 2. The highest BCUT2D eigenvalue weighted by Gasteiger charge is 2.47. The maximum atomic E-state index is 13.5. The van der Waals surface area contributed by atoms with Crippen molar-refractivity contribution in [1.82, 2.24) is 13.6 Å². The summed E-state index contributed by atoms with van der Waals surface area (Å²) in [6, 6.07) is 6.72. The van der Waals surface area contributed by atoms with Gasteiger partial charge in [0.15, 0.2) is 0 Å². The van der Waals surface area contributed by atoms with Crippen LogP contribution in [0.1, 0.15) is 62.5 Å². The molecule has 2 bridgehead atoms. The molecule has 4 atom stereocenters. The van der Waals surface area contributed by atoms with Crippen molar-refractivity contribution < 1.29 is 21.6 Å². The van der Waals surface area contributed by atoms with Gasteiger partial charge in [-0.1, -0.05) is 11.6 Å². The minimum Gasteiger partial charge on any atom is -0.490 e. The van der Waals surface area contributed by atoms with E-state index in [1.54, 1.807) is 47.0 Å². The molecule has 0 aliphatic carbocycles. The first-order chi connectivity index (χ1) is 18.1.